The summed E-state index contributed by atoms with van der Waals surface area (Å²) in [7, 11) is 1.66. The molecule has 3 aliphatic heterocycles. The molecule has 1 aromatic carbocycles. The van der Waals surface area contributed by atoms with E-state index in [4.69, 9.17) is 4.74 Å². The summed E-state index contributed by atoms with van der Waals surface area (Å²) in [6.45, 7) is 6.62. The lowest BCUT2D eigenvalue weighted by atomic mass is 9.80. The first-order chi connectivity index (χ1) is 18.2. The number of fused-ring (bicyclic) bond motifs is 3. The number of nitrogens with one attached hydrogen (secondary N) is 2. The molecule has 0 spiro atoms. The van der Waals surface area contributed by atoms with Crippen LogP contribution >= 0.6 is 0 Å². The minimum absolute atomic E-state index is 0.0359. The zero-order chi connectivity index (χ0) is 27.2. The Hall–Kier alpha value is -3.14. The van der Waals surface area contributed by atoms with E-state index in [0.29, 0.717) is 31.2 Å². The number of ether oxygens (including phenoxy) is 1. The third-order valence-electron chi connectivity index (χ3n) is 8.11. The molecule has 3 aliphatic rings. The maximum Gasteiger partial charge on any atom is 0.261 e. The van der Waals surface area contributed by atoms with Gasteiger partial charge in [0.05, 0.1) is 6.54 Å². The summed E-state index contributed by atoms with van der Waals surface area (Å²) >= 11 is 0. The molecule has 1 aromatic rings. The highest BCUT2D eigenvalue weighted by atomic mass is 16.5. The monoisotopic (exact) mass is 527 g/mol. The van der Waals surface area contributed by atoms with Crippen molar-refractivity contribution in [1.82, 2.24) is 25.3 Å². The molecule has 38 heavy (non-hydrogen) atoms. The smallest absolute Gasteiger partial charge is 0.261 e. The highest BCUT2D eigenvalue weighted by Gasteiger charge is 2.41. The van der Waals surface area contributed by atoms with Crippen LogP contribution in [0.25, 0.3) is 0 Å². The molecule has 3 heterocycles. The first-order valence-corrected chi connectivity index (χ1v) is 13.7. The first-order valence-electron chi connectivity index (χ1n) is 13.7. The number of amides is 4. The van der Waals surface area contributed by atoms with Crippen molar-refractivity contribution in [3.05, 3.63) is 30.3 Å². The van der Waals surface area contributed by atoms with Gasteiger partial charge in [0.2, 0.25) is 17.7 Å². The molecule has 3 saturated heterocycles. The number of nitrogens with zero attached hydrogens (tertiary/aromatic N) is 3. The Labute approximate surface area is 225 Å². The third-order valence-corrected chi connectivity index (χ3v) is 8.11. The molecule has 0 aromatic heterocycles. The maximum absolute atomic E-state index is 13.3. The Morgan fingerprint density at radius 3 is 2.58 bits per heavy atom. The number of likely N-dealkylation sites (N-methyl/N-ethyl adjacent to an activating group) is 1. The van der Waals surface area contributed by atoms with Gasteiger partial charge < -0.3 is 30.1 Å². The van der Waals surface area contributed by atoms with Crippen LogP contribution in [0.1, 0.15) is 39.5 Å². The normalized spacial score (nSPS) is 27.7. The molecule has 4 amide bonds. The predicted molar refractivity (Wildman–Crippen MR) is 142 cm³/mol. The molecule has 10 heteroatoms. The Morgan fingerprint density at radius 1 is 1.08 bits per heavy atom. The number of hydrogen-bond donors (Lipinski definition) is 2. The lowest BCUT2D eigenvalue weighted by molar-refractivity contribution is -0.140. The molecule has 0 radical (unpaired) electrons. The number of carbonyl (C=O) groups is 4. The van der Waals surface area contributed by atoms with Gasteiger partial charge in [-0.3, -0.25) is 19.2 Å². The second-order valence-electron chi connectivity index (χ2n) is 11.1. The molecule has 2 bridgehead atoms. The molecular formula is C28H41N5O5. The van der Waals surface area contributed by atoms with Crippen LogP contribution in [0.4, 0.5) is 0 Å². The lowest BCUT2D eigenvalue weighted by Crippen LogP contribution is -2.49. The average Bonchev–Trinajstić information content (AvgIpc) is 3.31. The van der Waals surface area contributed by atoms with E-state index in [0.717, 1.165) is 25.9 Å². The fourth-order valence-electron chi connectivity index (χ4n) is 5.84. The van der Waals surface area contributed by atoms with Gasteiger partial charge in [-0.2, -0.15) is 0 Å². The second kappa shape index (κ2) is 12.6. The molecule has 3 fully saturated rings. The molecule has 4 rings (SSSR count). The summed E-state index contributed by atoms with van der Waals surface area (Å²) < 4.78 is 5.64. The Kier molecular flexibility index (Phi) is 9.25. The molecule has 4 atom stereocenters. The van der Waals surface area contributed by atoms with Crippen molar-refractivity contribution < 1.29 is 23.9 Å². The van der Waals surface area contributed by atoms with E-state index in [2.05, 4.69) is 29.4 Å². The average molecular weight is 528 g/mol. The molecule has 0 saturated carbocycles. The Bertz CT molecular complexity index is 1000. The number of piperidine rings is 1. The predicted octanol–water partition coefficient (Wildman–Crippen LogP) is 0.866. The quantitative estimate of drug-likeness (QED) is 0.601. The first kappa shape index (κ1) is 27.9. The van der Waals surface area contributed by atoms with Gasteiger partial charge in [-0.05, 0) is 63.6 Å². The number of benzene rings is 1. The molecule has 0 unspecified atom stereocenters. The third kappa shape index (κ3) is 7.03. The minimum Gasteiger partial charge on any atom is -0.484 e. The van der Waals surface area contributed by atoms with Crippen molar-refractivity contribution in [3.8, 4) is 5.75 Å². The molecular weight excluding hydrogens is 486 g/mol. The maximum atomic E-state index is 13.3. The van der Waals surface area contributed by atoms with E-state index in [1.54, 1.807) is 19.2 Å². The van der Waals surface area contributed by atoms with Gasteiger partial charge in [0.25, 0.3) is 5.91 Å². The van der Waals surface area contributed by atoms with E-state index in [1.165, 1.54) is 9.80 Å². The van der Waals surface area contributed by atoms with Gasteiger partial charge in [0.15, 0.2) is 6.61 Å². The van der Waals surface area contributed by atoms with E-state index in [-0.39, 0.29) is 61.2 Å². The van der Waals surface area contributed by atoms with Crippen molar-refractivity contribution >= 4 is 23.6 Å². The van der Waals surface area contributed by atoms with Crippen molar-refractivity contribution in [1.29, 1.82) is 0 Å². The van der Waals surface area contributed by atoms with Crippen LogP contribution in [0.2, 0.25) is 0 Å². The largest absolute Gasteiger partial charge is 0.484 e. The number of rotatable bonds is 4. The fourth-order valence-corrected chi connectivity index (χ4v) is 5.84. The van der Waals surface area contributed by atoms with Crippen LogP contribution in [0, 0.1) is 11.8 Å². The van der Waals surface area contributed by atoms with Gasteiger partial charge >= 0.3 is 0 Å². The van der Waals surface area contributed by atoms with Crippen LogP contribution in [0.15, 0.2) is 30.3 Å². The van der Waals surface area contributed by atoms with Gasteiger partial charge in [0, 0.05) is 45.2 Å². The minimum atomic E-state index is -0.689. The molecule has 208 valence electrons. The summed E-state index contributed by atoms with van der Waals surface area (Å²) in [6.07, 6.45) is 2.40. The number of likely N-dealkylation sites (tertiary alicyclic amines) is 2. The number of carbonyl (C=O) groups excluding carboxylic acids is 4. The summed E-state index contributed by atoms with van der Waals surface area (Å²) in [5.41, 5.74) is 0. The molecule has 2 N–H and O–H groups in total. The lowest BCUT2D eigenvalue weighted by Gasteiger charge is -2.41. The van der Waals surface area contributed by atoms with E-state index in [9.17, 15) is 19.2 Å². The Balaban J connectivity index is 1.47. The summed E-state index contributed by atoms with van der Waals surface area (Å²) in [5.74, 6) is 0.188. The highest BCUT2D eigenvalue weighted by molar-refractivity contribution is 5.89. The van der Waals surface area contributed by atoms with Crippen LogP contribution in [0.3, 0.4) is 0 Å². The van der Waals surface area contributed by atoms with E-state index in [1.807, 2.05) is 18.2 Å². The van der Waals surface area contributed by atoms with Crippen molar-refractivity contribution in [2.24, 2.45) is 11.8 Å². The van der Waals surface area contributed by atoms with Crippen LogP contribution < -0.4 is 15.4 Å². The van der Waals surface area contributed by atoms with Crippen LogP contribution in [0.5, 0.6) is 5.75 Å². The zero-order valence-electron chi connectivity index (χ0n) is 22.7. The molecule has 0 aliphatic carbocycles. The SMILES string of the molecule is CC(C)N1CC[C@H]2CC(=O)N(C)CC(=O)N[C@@H]3C[C@@H](C(=O)NCC[C@H]2C1)N(C(=O)COc1ccccc1)C3. The van der Waals surface area contributed by atoms with E-state index >= 15 is 0 Å². The Morgan fingerprint density at radius 2 is 1.84 bits per heavy atom. The van der Waals surface area contributed by atoms with Crippen LogP contribution in [-0.4, -0.2) is 103 Å². The van der Waals surface area contributed by atoms with Crippen molar-refractivity contribution in [3.63, 3.8) is 0 Å². The summed E-state index contributed by atoms with van der Waals surface area (Å²) in [4.78, 5) is 57.6. The van der Waals surface area contributed by atoms with Gasteiger partial charge in [-0.25, -0.2) is 0 Å². The fraction of sp³-hybridized carbons (Fsp3) is 0.643. The zero-order valence-corrected chi connectivity index (χ0v) is 22.7. The van der Waals surface area contributed by atoms with Crippen molar-refractivity contribution in [2.75, 3.05) is 46.4 Å². The van der Waals surface area contributed by atoms with Crippen molar-refractivity contribution in [2.45, 2.75) is 57.7 Å². The topological polar surface area (TPSA) is 111 Å². The second-order valence-corrected chi connectivity index (χ2v) is 11.1. The molecule has 10 nitrogen and oxygen atoms in total. The number of para-hydroxylation sites is 1. The number of hydrogen-bond acceptors (Lipinski definition) is 6. The summed E-state index contributed by atoms with van der Waals surface area (Å²) in [5, 5.41) is 5.97. The van der Waals surface area contributed by atoms with Gasteiger partial charge in [-0.1, -0.05) is 18.2 Å². The van der Waals surface area contributed by atoms with E-state index < -0.39 is 6.04 Å². The van der Waals surface area contributed by atoms with Gasteiger partial charge in [-0.15, -0.1) is 0 Å². The standard InChI is InChI=1S/C28H41N5O5/c1-19(2)32-12-10-20-13-26(35)31(3)17-25(34)30-22-14-24(28(37)29-11-9-21(20)15-32)33(16-22)27(36)18-38-23-7-5-4-6-8-23/h4-8,19-22,24H,9-18H2,1-3H3,(H,29,37)(H,30,34)/t20-,21-,22+,24-/m0/s1. The van der Waals surface area contributed by atoms with Gasteiger partial charge in [0.1, 0.15) is 11.8 Å². The highest BCUT2D eigenvalue weighted by Crippen LogP contribution is 2.30. The van der Waals surface area contributed by atoms with Crippen LogP contribution in [-0.2, 0) is 19.2 Å². The summed E-state index contributed by atoms with van der Waals surface area (Å²) in [6, 6.07) is 8.40.